The lowest BCUT2D eigenvalue weighted by Crippen LogP contribution is -2.45. The van der Waals surface area contributed by atoms with Crippen LogP contribution >= 0.6 is 11.6 Å². The standard InChI is InChI=1S/C11H10ClFN2O4/c1-2-19-11(18)10(17)15-14-9(16)6-3-4-8(13)7(12)5-6/h3-5H,2H2,1H3,(H,14,16)(H,15,17). The van der Waals surface area contributed by atoms with Gasteiger partial charge in [-0.05, 0) is 25.1 Å². The number of carbonyl (C=O) groups excluding carboxylic acids is 3. The summed E-state index contributed by atoms with van der Waals surface area (Å²) in [6, 6.07) is 3.26. The Morgan fingerprint density at radius 3 is 2.58 bits per heavy atom. The minimum Gasteiger partial charge on any atom is -0.459 e. The molecule has 0 aliphatic rings. The first-order valence-corrected chi connectivity index (χ1v) is 5.56. The van der Waals surface area contributed by atoms with Gasteiger partial charge >= 0.3 is 11.9 Å². The van der Waals surface area contributed by atoms with Crippen molar-refractivity contribution >= 4 is 29.4 Å². The summed E-state index contributed by atoms with van der Waals surface area (Å²) in [4.78, 5) is 33.6. The van der Waals surface area contributed by atoms with Crippen molar-refractivity contribution in [3.8, 4) is 0 Å². The third-order valence-electron chi connectivity index (χ3n) is 1.93. The van der Waals surface area contributed by atoms with Crippen LogP contribution in [0.4, 0.5) is 4.39 Å². The normalized spacial score (nSPS) is 9.63. The smallest absolute Gasteiger partial charge is 0.398 e. The van der Waals surface area contributed by atoms with Crippen molar-refractivity contribution in [2.24, 2.45) is 0 Å². The number of amides is 2. The molecule has 0 atom stereocenters. The SMILES string of the molecule is CCOC(=O)C(=O)NNC(=O)c1ccc(F)c(Cl)c1. The van der Waals surface area contributed by atoms with E-state index in [1.807, 2.05) is 10.9 Å². The minimum absolute atomic E-state index is 0.0237. The van der Waals surface area contributed by atoms with E-state index < -0.39 is 23.6 Å². The van der Waals surface area contributed by atoms with Gasteiger partial charge in [-0.1, -0.05) is 11.6 Å². The van der Waals surface area contributed by atoms with Crippen LogP contribution in [0.2, 0.25) is 5.02 Å². The van der Waals surface area contributed by atoms with Crippen LogP contribution in [0.3, 0.4) is 0 Å². The summed E-state index contributed by atoms with van der Waals surface area (Å²) in [5.41, 5.74) is 3.84. The van der Waals surface area contributed by atoms with Gasteiger partial charge in [0.05, 0.1) is 11.6 Å². The maximum absolute atomic E-state index is 12.9. The Bertz CT molecular complexity index is 521. The summed E-state index contributed by atoms with van der Waals surface area (Å²) >= 11 is 5.50. The van der Waals surface area contributed by atoms with Crippen LogP contribution in [0.15, 0.2) is 18.2 Å². The molecular weight excluding hydrogens is 279 g/mol. The number of ether oxygens (including phenoxy) is 1. The summed E-state index contributed by atoms with van der Waals surface area (Å²) < 4.78 is 17.3. The van der Waals surface area contributed by atoms with Crippen LogP contribution in [-0.2, 0) is 14.3 Å². The zero-order chi connectivity index (χ0) is 14.4. The monoisotopic (exact) mass is 288 g/mol. The summed E-state index contributed by atoms with van der Waals surface area (Å²) in [5, 5.41) is -0.232. The number of rotatable bonds is 2. The van der Waals surface area contributed by atoms with E-state index in [4.69, 9.17) is 11.6 Å². The fourth-order valence-electron chi connectivity index (χ4n) is 1.07. The van der Waals surface area contributed by atoms with Gasteiger partial charge < -0.3 is 4.74 Å². The zero-order valence-electron chi connectivity index (χ0n) is 9.83. The Morgan fingerprint density at radius 2 is 2.00 bits per heavy atom. The summed E-state index contributed by atoms with van der Waals surface area (Å²) in [5.74, 6) is -3.67. The lowest BCUT2D eigenvalue weighted by atomic mass is 10.2. The first kappa shape index (κ1) is 14.9. The van der Waals surface area contributed by atoms with Crippen LogP contribution in [0.1, 0.15) is 17.3 Å². The summed E-state index contributed by atoms with van der Waals surface area (Å²) in [6.45, 7) is 1.57. The van der Waals surface area contributed by atoms with Crippen molar-refractivity contribution in [1.29, 1.82) is 0 Å². The highest BCUT2D eigenvalue weighted by atomic mass is 35.5. The highest BCUT2D eigenvalue weighted by Crippen LogP contribution is 2.15. The molecule has 0 aliphatic heterocycles. The van der Waals surface area contributed by atoms with Crippen molar-refractivity contribution in [3.63, 3.8) is 0 Å². The molecule has 1 aromatic carbocycles. The molecule has 0 unspecified atom stereocenters. The van der Waals surface area contributed by atoms with Gasteiger partial charge in [0.15, 0.2) is 0 Å². The van der Waals surface area contributed by atoms with Gasteiger partial charge in [-0.3, -0.25) is 20.4 Å². The van der Waals surface area contributed by atoms with E-state index >= 15 is 0 Å². The highest BCUT2D eigenvalue weighted by molar-refractivity contribution is 6.32. The second kappa shape index (κ2) is 6.69. The zero-order valence-corrected chi connectivity index (χ0v) is 10.6. The van der Waals surface area contributed by atoms with E-state index in [9.17, 15) is 18.8 Å². The van der Waals surface area contributed by atoms with E-state index in [1.54, 1.807) is 0 Å². The van der Waals surface area contributed by atoms with Crippen molar-refractivity contribution in [2.45, 2.75) is 6.92 Å². The lowest BCUT2D eigenvalue weighted by Gasteiger charge is -2.07. The van der Waals surface area contributed by atoms with Gasteiger partial charge in [-0.15, -0.1) is 0 Å². The molecule has 0 bridgehead atoms. The maximum atomic E-state index is 12.9. The van der Waals surface area contributed by atoms with Crippen LogP contribution < -0.4 is 10.9 Å². The fourth-order valence-corrected chi connectivity index (χ4v) is 1.25. The van der Waals surface area contributed by atoms with Crippen molar-refractivity contribution in [1.82, 2.24) is 10.9 Å². The highest BCUT2D eigenvalue weighted by Gasteiger charge is 2.16. The number of benzene rings is 1. The van der Waals surface area contributed by atoms with Crippen molar-refractivity contribution < 1.29 is 23.5 Å². The second-order valence-electron chi connectivity index (χ2n) is 3.26. The van der Waals surface area contributed by atoms with Crippen LogP contribution in [0, 0.1) is 5.82 Å². The maximum Gasteiger partial charge on any atom is 0.398 e. The Morgan fingerprint density at radius 1 is 1.32 bits per heavy atom. The molecule has 6 nitrogen and oxygen atoms in total. The van der Waals surface area contributed by atoms with E-state index in [0.29, 0.717) is 0 Å². The molecule has 2 N–H and O–H groups in total. The molecular formula is C11H10ClFN2O4. The molecule has 0 heterocycles. The molecule has 0 aromatic heterocycles. The van der Waals surface area contributed by atoms with E-state index in [-0.39, 0.29) is 17.2 Å². The number of hydrogen-bond acceptors (Lipinski definition) is 4. The predicted octanol–water partition coefficient (Wildman–Crippen LogP) is 0.803. The van der Waals surface area contributed by atoms with Gasteiger partial charge in [0, 0.05) is 5.56 Å². The Labute approximate surface area is 112 Å². The van der Waals surface area contributed by atoms with Gasteiger partial charge in [-0.2, -0.15) is 0 Å². The lowest BCUT2D eigenvalue weighted by molar-refractivity contribution is -0.154. The Balaban J connectivity index is 2.58. The molecule has 2 amide bonds. The Kier molecular flexibility index (Phi) is 5.25. The minimum atomic E-state index is -1.13. The number of nitrogens with one attached hydrogen (secondary N) is 2. The molecule has 0 aliphatic carbocycles. The average molecular weight is 289 g/mol. The number of esters is 1. The number of hydrazine groups is 1. The molecule has 0 fully saturated rings. The number of halogens is 2. The largest absolute Gasteiger partial charge is 0.459 e. The molecule has 8 heteroatoms. The molecule has 0 spiro atoms. The molecule has 0 saturated carbocycles. The van der Waals surface area contributed by atoms with E-state index in [0.717, 1.165) is 12.1 Å². The molecule has 0 saturated heterocycles. The van der Waals surface area contributed by atoms with E-state index in [2.05, 4.69) is 4.74 Å². The van der Waals surface area contributed by atoms with Gasteiger partial charge in [-0.25, -0.2) is 9.18 Å². The van der Waals surface area contributed by atoms with Crippen LogP contribution in [-0.4, -0.2) is 24.4 Å². The Hall–Kier alpha value is -2.15. The molecule has 1 rings (SSSR count). The number of hydrogen-bond donors (Lipinski definition) is 2. The predicted molar refractivity (Wildman–Crippen MR) is 63.7 cm³/mol. The molecule has 19 heavy (non-hydrogen) atoms. The van der Waals surface area contributed by atoms with Gasteiger partial charge in [0.1, 0.15) is 5.82 Å². The number of carbonyl (C=O) groups is 3. The first-order chi connectivity index (χ1) is 8.95. The summed E-state index contributed by atoms with van der Waals surface area (Å²) in [6.07, 6.45) is 0. The third-order valence-corrected chi connectivity index (χ3v) is 2.22. The van der Waals surface area contributed by atoms with Gasteiger partial charge in [0.25, 0.3) is 5.91 Å². The molecule has 102 valence electrons. The van der Waals surface area contributed by atoms with Crippen LogP contribution in [0.5, 0.6) is 0 Å². The second-order valence-corrected chi connectivity index (χ2v) is 3.66. The van der Waals surface area contributed by atoms with Gasteiger partial charge in [0.2, 0.25) is 0 Å². The third kappa shape index (κ3) is 4.22. The topological polar surface area (TPSA) is 84.5 Å². The van der Waals surface area contributed by atoms with Crippen molar-refractivity contribution in [3.05, 3.63) is 34.6 Å². The molecule has 0 radical (unpaired) electrons. The first-order valence-electron chi connectivity index (χ1n) is 5.18. The quantitative estimate of drug-likeness (QED) is 0.479. The van der Waals surface area contributed by atoms with Crippen LogP contribution in [0.25, 0.3) is 0 Å². The summed E-state index contributed by atoms with van der Waals surface area (Å²) in [7, 11) is 0. The van der Waals surface area contributed by atoms with Crippen molar-refractivity contribution in [2.75, 3.05) is 6.61 Å². The fraction of sp³-hybridized carbons (Fsp3) is 0.182. The average Bonchev–Trinajstić information content (AvgIpc) is 2.39. The van der Waals surface area contributed by atoms with E-state index in [1.165, 1.54) is 13.0 Å². The molecule has 1 aromatic rings.